The Hall–Kier alpha value is -1.03. The van der Waals surface area contributed by atoms with E-state index in [2.05, 4.69) is 4.72 Å². The summed E-state index contributed by atoms with van der Waals surface area (Å²) in [6.45, 7) is 7.34. The molecule has 0 aliphatic rings. The highest BCUT2D eigenvalue weighted by atomic mass is 32.2. The minimum absolute atomic E-state index is 0.0414. The molecule has 0 aromatic heterocycles. The molecule has 0 heterocycles. The van der Waals surface area contributed by atoms with Crippen LogP contribution in [-0.2, 0) is 10.0 Å². The summed E-state index contributed by atoms with van der Waals surface area (Å²) in [6, 6.07) is 3.88. The lowest BCUT2D eigenvalue weighted by Gasteiger charge is -2.26. The third-order valence-electron chi connectivity index (χ3n) is 2.23. The average molecular weight is 226 g/mol. The first-order chi connectivity index (χ1) is 6.85. The number of hydrogen-bond donors (Lipinski definition) is 0. The summed E-state index contributed by atoms with van der Waals surface area (Å²) in [6.07, 6.45) is 0. The van der Waals surface area contributed by atoms with Gasteiger partial charge in [0.25, 0.3) is 0 Å². The molecule has 3 nitrogen and oxygen atoms in total. The summed E-state index contributed by atoms with van der Waals surface area (Å²) < 4.78 is 26.6. The predicted octanol–water partition coefficient (Wildman–Crippen LogP) is 2.97. The SMILES string of the molecule is CCS(=O)(=O)[N-]c1c(C)cc(C)cc1C. The number of benzene rings is 1. The number of rotatable bonds is 3. The zero-order chi connectivity index (χ0) is 11.6. The third kappa shape index (κ3) is 2.96. The first kappa shape index (κ1) is 12.0. The molecule has 1 rings (SSSR count). The van der Waals surface area contributed by atoms with Crippen LogP contribution in [0.4, 0.5) is 5.69 Å². The highest BCUT2D eigenvalue weighted by Gasteiger charge is 2.00. The van der Waals surface area contributed by atoms with Crippen molar-refractivity contribution >= 4 is 15.7 Å². The smallest absolute Gasteiger partial charge is 0.0935 e. The highest BCUT2D eigenvalue weighted by Crippen LogP contribution is 2.31. The van der Waals surface area contributed by atoms with Crippen LogP contribution >= 0.6 is 0 Å². The lowest BCUT2D eigenvalue weighted by atomic mass is 10.1. The highest BCUT2D eigenvalue weighted by molar-refractivity contribution is 7.94. The summed E-state index contributed by atoms with van der Waals surface area (Å²) in [7, 11) is -3.31. The van der Waals surface area contributed by atoms with E-state index in [0.29, 0.717) is 5.69 Å². The van der Waals surface area contributed by atoms with E-state index >= 15 is 0 Å². The largest absolute Gasteiger partial charge is 0.576 e. The van der Waals surface area contributed by atoms with Crippen LogP contribution in [0.5, 0.6) is 0 Å². The fraction of sp³-hybridized carbons (Fsp3) is 0.455. The van der Waals surface area contributed by atoms with Crippen LogP contribution in [0.25, 0.3) is 4.72 Å². The summed E-state index contributed by atoms with van der Waals surface area (Å²) in [5, 5.41) is 0. The molecule has 0 saturated carbocycles. The number of aryl methyl sites for hydroxylation is 3. The van der Waals surface area contributed by atoms with Crippen LogP contribution in [0, 0.1) is 20.8 Å². The van der Waals surface area contributed by atoms with Gasteiger partial charge in [-0.15, -0.1) is 5.69 Å². The molecular formula is C11H16NO2S-. The Labute approximate surface area is 91.6 Å². The maximum atomic E-state index is 11.4. The second-order valence-corrected chi connectivity index (χ2v) is 5.63. The fourth-order valence-corrected chi connectivity index (χ4v) is 2.22. The van der Waals surface area contributed by atoms with Crippen molar-refractivity contribution in [3.05, 3.63) is 33.5 Å². The molecule has 0 radical (unpaired) electrons. The molecule has 0 N–H and O–H groups in total. The Morgan fingerprint density at radius 2 is 1.60 bits per heavy atom. The second-order valence-electron chi connectivity index (χ2n) is 3.71. The lowest BCUT2D eigenvalue weighted by molar-refractivity contribution is 0.604. The summed E-state index contributed by atoms with van der Waals surface area (Å²) in [4.78, 5) is 0. The Morgan fingerprint density at radius 1 is 1.13 bits per heavy atom. The van der Waals surface area contributed by atoms with Gasteiger partial charge in [-0.2, -0.15) is 0 Å². The minimum atomic E-state index is -3.31. The van der Waals surface area contributed by atoms with E-state index in [1.165, 1.54) is 0 Å². The van der Waals surface area contributed by atoms with Crippen molar-refractivity contribution in [2.45, 2.75) is 27.7 Å². The molecule has 0 unspecified atom stereocenters. The van der Waals surface area contributed by atoms with Crippen molar-refractivity contribution < 1.29 is 8.42 Å². The zero-order valence-corrected chi connectivity index (χ0v) is 10.4. The van der Waals surface area contributed by atoms with Gasteiger partial charge in [-0.25, -0.2) is 8.42 Å². The lowest BCUT2D eigenvalue weighted by Crippen LogP contribution is -2.00. The molecule has 1 aromatic carbocycles. The van der Waals surface area contributed by atoms with E-state index in [1.54, 1.807) is 6.92 Å². The quantitative estimate of drug-likeness (QED) is 0.795. The van der Waals surface area contributed by atoms with E-state index < -0.39 is 10.0 Å². The van der Waals surface area contributed by atoms with E-state index in [4.69, 9.17) is 0 Å². The predicted molar refractivity (Wildman–Crippen MR) is 63.1 cm³/mol. The van der Waals surface area contributed by atoms with Crippen LogP contribution in [-0.4, -0.2) is 14.2 Å². The molecule has 0 aliphatic heterocycles. The molecule has 84 valence electrons. The molecular weight excluding hydrogens is 210 g/mol. The maximum absolute atomic E-state index is 11.4. The van der Waals surface area contributed by atoms with Crippen LogP contribution in [0.2, 0.25) is 0 Å². The van der Waals surface area contributed by atoms with Gasteiger partial charge in [-0.1, -0.05) is 35.7 Å². The maximum Gasteiger partial charge on any atom is 0.0935 e. The van der Waals surface area contributed by atoms with Gasteiger partial charge < -0.3 is 4.72 Å². The second kappa shape index (κ2) is 4.23. The number of hydrogen-bond acceptors (Lipinski definition) is 2. The zero-order valence-electron chi connectivity index (χ0n) is 9.53. The Morgan fingerprint density at radius 3 is 2.00 bits per heavy atom. The van der Waals surface area contributed by atoms with E-state index in [1.807, 2.05) is 32.9 Å². The summed E-state index contributed by atoms with van der Waals surface area (Å²) in [5.74, 6) is 0.0414. The van der Waals surface area contributed by atoms with E-state index in [-0.39, 0.29) is 5.75 Å². The third-order valence-corrected chi connectivity index (χ3v) is 3.42. The van der Waals surface area contributed by atoms with Crippen LogP contribution in [0.3, 0.4) is 0 Å². The molecule has 1 aromatic rings. The van der Waals surface area contributed by atoms with Crippen molar-refractivity contribution in [3.8, 4) is 0 Å². The van der Waals surface area contributed by atoms with Crippen LogP contribution in [0.15, 0.2) is 12.1 Å². The standard InChI is InChI=1S/C11H16NO2S/c1-5-15(13,14)12-11-9(3)6-8(2)7-10(11)4/h6-7H,5H2,1-4H3/q-1. The molecule has 0 aliphatic carbocycles. The molecule has 0 atom stereocenters. The van der Waals surface area contributed by atoms with Crippen molar-refractivity contribution in [2.75, 3.05) is 5.75 Å². The average Bonchev–Trinajstić information content (AvgIpc) is 2.11. The van der Waals surface area contributed by atoms with Crippen LogP contribution in [0.1, 0.15) is 23.6 Å². The molecule has 0 bridgehead atoms. The summed E-state index contributed by atoms with van der Waals surface area (Å²) >= 11 is 0. The van der Waals surface area contributed by atoms with Crippen molar-refractivity contribution in [1.29, 1.82) is 0 Å². The van der Waals surface area contributed by atoms with Gasteiger partial charge >= 0.3 is 0 Å². The molecule has 0 saturated heterocycles. The van der Waals surface area contributed by atoms with E-state index in [0.717, 1.165) is 16.7 Å². The number of nitrogens with zero attached hydrogens (tertiary/aromatic N) is 1. The monoisotopic (exact) mass is 226 g/mol. The normalized spacial score (nSPS) is 11.5. The van der Waals surface area contributed by atoms with Crippen LogP contribution < -0.4 is 0 Å². The first-order valence-corrected chi connectivity index (χ1v) is 6.50. The van der Waals surface area contributed by atoms with Gasteiger partial charge in [-0.05, 0) is 20.8 Å². The fourth-order valence-electron chi connectivity index (χ4n) is 1.52. The van der Waals surface area contributed by atoms with Crippen molar-refractivity contribution in [3.63, 3.8) is 0 Å². The molecule has 4 heteroatoms. The van der Waals surface area contributed by atoms with Gasteiger partial charge in [0.05, 0.1) is 10.0 Å². The number of sulfonamides is 1. The Balaban J connectivity index is 3.17. The van der Waals surface area contributed by atoms with E-state index in [9.17, 15) is 8.42 Å². The Kier molecular flexibility index (Phi) is 3.39. The van der Waals surface area contributed by atoms with Gasteiger partial charge in [0.2, 0.25) is 0 Å². The molecule has 0 amide bonds. The summed E-state index contributed by atoms with van der Waals surface area (Å²) in [5.41, 5.74) is 3.52. The molecule has 15 heavy (non-hydrogen) atoms. The molecule has 0 spiro atoms. The van der Waals surface area contributed by atoms with Crippen molar-refractivity contribution in [2.24, 2.45) is 0 Å². The van der Waals surface area contributed by atoms with Gasteiger partial charge in [0, 0.05) is 5.75 Å². The van der Waals surface area contributed by atoms with Crippen molar-refractivity contribution in [1.82, 2.24) is 0 Å². The van der Waals surface area contributed by atoms with Gasteiger partial charge in [0.1, 0.15) is 0 Å². The Bertz CT molecular complexity index is 440. The first-order valence-electron chi connectivity index (χ1n) is 4.89. The minimum Gasteiger partial charge on any atom is -0.576 e. The van der Waals surface area contributed by atoms with Gasteiger partial charge in [-0.3, -0.25) is 0 Å². The molecule has 0 fully saturated rings. The van der Waals surface area contributed by atoms with Gasteiger partial charge in [0.15, 0.2) is 0 Å². The topological polar surface area (TPSA) is 48.2 Å².